The second kappa shape index (κ2) is 15.8. The number of amides is 3. The highest BCUT2D eigenvalue weighted by Gasteiger charge is 2.35. The number of aliphatic carboxylic acids is 1. The maximum Gasteiger partial charge on any atom is 0.410 e. The van der Waals surface area contributed by atoms with Crippen LogP contribution in [0.25, 0.3) is 0 Å². The first-order valence-corrected chi connectivity index (χ1v) is 13.8. The Labute approximate surface area is 242 Å². The second-order valence-electron chi connectivity index (χ2n) is 11.1. The Balaban J connectivity index is 2.20. The first kappa shape index (κ1) is 33.3. The molecule has 0 unspecified atom stereocenters. The van der Waals surface area contributed by atoms with Crippen LogP contribution in [-0.2, 0) is 36.9 Å². The van der Waals surface area contributed by atoms with E-state index in [4.69, 9.17) is 9.47 Å². The van der Waals surface area contributed by atoms with Gasteiger partial charge in [-0.25, -0.2) is 9.59 Å². The average molecular weight is 570 g/mol. The van der Waals surface area contributed by atoms with Crippen molar-refractivity contribution in [1.29, 1.82) is 0 Å². The zero-order valence-corrected chi connectivity index (χ0v) is 24.8. The fourth-order valence-electron chi connectivity index (χ4n) is 3.96. The number of carboxylic acids is 1. The van der Waals surface area contributed by atoms with Crippen LogP contribution in [0.3, 0.4) is 0 Å². The molecule has 0 fully saturated rings. The van der Waals surface area contributed by atoms with Gasteiger partial charge >= 0.3 is 12.1 Å². The zero-order chi connectivity index (χ0) is 30.6. The molecule has 3 N–H and O–H groups in total. The van der Waals surface area contributed by atoms with E-state index in [0.717, 1.165) is 11.1 Å². The molecule has 0 spiro atoms. The molecule has 2 rings (SSSR count). The van der Waals surface area contributed by atoms with E-state index in [9.17, 15) is 24.3 Å². The smallest absolute Gasteiger partial charge is 0.410 e. The number of carboxylic acid groups (broad SMARTS) is 1. The van der Waals surface area contributed by atoms with Crippen molar-refractivity contribution in [2.45, 2.75) is 77.8 Å². The van der Waals surface area contributed by atoms with Crippen LogP contribution in [-0.4, -0.2) is 71.3 Å². The lowest BCUT2D eigenvalue weighted by Crippen LogP contribution is -2.59. The van der Waals surface area contributed by atoms with E-state index in [0.29, 0.717) is 6.42 Å². The van der Waals surface area contributed by atoms with Crippen LogP contribution in [0.4, 0.5) is 4.79 Å². The van der Waals surface area contributed by atoms with Crippen molar-refractivity contribution in [3.05, 3.63) is 71.8 Å². The van der Waals surface area contributed by atoms with E-state index in [1.807, 2.05) is 67.6 Å². The van der Waals surface area contributed by atoms with Crippen LogP contribution in [0.2, 0.25) is 0 Å². The molecular weight excluding hydrogens is 526 g/mol. The molecule has 0 aromatic heterocycles. The summed E-state index contributed by atoms with van der Waals surface area (Å²) in [5, 5.41) is 15.0. The number of likely N-dealkylation sites (N-methyl/N-ethyl adjacent to an activating group) is 1. The molecule has 41 heavy (non-hydrogen) atoms. The Morgan fingerprint density at radius 3 is 1.98 bits per heavy atom. The number of nitrogens with one attached hydrogen (secondary N) is 2. The van der Waals surface area contributed by atoms with Gasteiger partial charge in [0, 0.05) is 13.5 Å². The van der Waals surface area contributed by atoms with Crippen molar-refractivity contribution in [1.82, 2.24) is 15.5 Å². The summed E-state index contributed by atoms with van der Waals surface area (Å²) >= 11 is 0. The fourth-order valence-corrected chi connectivity index (χ4v) is 3.96. The van der Waals surface area contributed by atoms with Crippen LogP contribution in [0, 0.1) is 5.92 Å². The van der Waals surface area contributed by atoms with Crippen LogP contribution in [0.5, 0.6) is 0 Å². The minimum Gasteiger partial charge on any atom is -0.480 e. The summed E-state index contributed by atoms with van der Waals surface area (Å²) < 4.78 is 11.0. The molecule has 10 heteroatoms. The van der Waals surface area contributed by atoms with Crippen LogP contribution < -0.4 is 10.6 Å². The van der Waals surface area contributed by atoms with E-state index in [1.54, 1.807) is 27.7 Å². The first-order chi connectivity index (χ1) is 19.3. The maximum absolute atomic E-state index is 13.7. The minimum atomic E-state index is -1.32. The molecule has 0 saturated heterocycles. The molecule has 0 bridgehead atoms. The number of hydrogen-bond acceptors (Lipinski definition) is 6. The SMILES string of the molecule is CC[C@H](C)[C@H](NC(=O)[C@@H](Cc1ccccc1)N(C)C(=O)OC(C)(C)C)C(=O)N[C@@H](COCc1ccccc1)C(=O)O. The van der Waals surface area contributed by atoms with Gasteiger partial charge in [-0.3, -0.25) is 14.5 Å². The largest absolute Gasteiger partial charge is 0.480 e. The van der Waals surface area contributed by atoms with Gasteiger partial charge in [0.05, 0.1) is 13.2 Å². The lowest BCUT2D eigenvalue weighted by atomic mass is 9.96. The van der Waals surface area contributed by atoms with Gasteiger partial charge in [0.15, 0.2) is 6.04 Å². The molecule has 2 aromatic carbocycles. The molecule has 4 atom stereocenters. The number of carbonyl (C=O) groups is 4. The highest BCUT2D eigenvalue weighted by atomic mass is 16.6. The molecule has 0 aliphatic heterocycles. The van der Waals surface area contributed by atoms with Crippen molar-refractivity contribution >= 4 is 23.9 Å². The molecule has 2 aromatic rings. The first-order valence-electron chi connectivity index (χ1n) is 13.8. The molecule has 10 nitrogen and oxygen atoms in total. The summed E-state index contributed by atoms with van der Waals surface area (Å²) in [6.07, 6.45) is 0.0356. The number of nitrogens with zero attached hydrogens (tertiary/aromatic N) is 1. The van der Waals surface area contributed by atoms with Gasteiger partial charge in [0.2, 0.25) is 11.8 Å². The van der Waals surface area contributed by atoms with Crippen molar-refractivity contribution in [2.24, 2.45) is 5.92 Å². The van der Waals surface area contributed by atoms with E-state index in [2.05, 4.69) is 10.6 Å². The lowest BCUT2D eigenvalue weighted by Gasteiger charge is -2.32. The number of carbonyl (C=O) groups excluding carboxylic acids is 3. The summed E-state index contributed by atoms with van der Waals surface area (Å²) in [5.41, 5.74) is 0.910. The maximum atomic E-state index is 13.7. The van der Waals surface area contributed by atoms with Crippen molar-refractivity contribution in [3.63, 3.8) is 0 Å². The predicted molar refractivity (Wildman–Crippen MR) is 155 cm³/mol. The Morgan fingerprint density at radius 2 is 1.46 bits per heavy atom. The second-order valence-corrected chi connectivity index (χ2v) is 11.1. The van der Waals surface area contributed by atoms with Gasteiger partial charge < -0.3 is 25.2 Å². The fraction of sp³-hybridized carbons (Fsp3) is 0.484. The zero-order valence-electron chi connectivity index (χ0n) is 24.8. The van der Waals surface area contributed by atoms with Crippen molar-refractivity contribution < 1.29 is 33.8 Å². The molecule has 0 aliphatic carbocycles. The van der Waals surface area contributed by atoms with Gasteiger partial charge in [-0.15, -0.1) is 0 Å². The Morgan fingerprint density at radius 1 is 0.902 bits per heavy atom. The quantitative estimate of drug-likeness (QED) is 0.315. The van der Waals surface area contributed by atoms with E-state index >= 15 is 0 Å². The van der Waals surface area contributed by atoms with Gasteiger partial charge in [-0.2, -0.15) is 0 Å². The summed E-state index contributed by atoms with van der Waals surface area (Å²) in [6.45, 7) is 8.78. The van der Waals surface area contributed by atoms with Gasteiger partial charge in [-0.05, 0) is 37.8 Å². The van der Waals surface area contributed by atoms with Crippen molar-refractivity contribution in [3.8, 4) is 0 Å². The summed E-state index contributed by atoms with van der Waals surface area (Å²) in [5.74, 6) is -2.80. The molecule has 0 saturated carbocycles. The highest BCUT2D eigenvalue weighted by molar-refractivity contribution is 5.93. The summed E-state index contributed by atoms with van der Waals surface area (Å²) in [6, 6.07) is 15.1. The average Bonchev–Trinajstić information content (AvgIpc) is 2.93. The van der Waals surface area contributed by atoms with E-state index < -0.39 is 47.6 Å². The molecule has 224 valence electrons. The molecular formula is C31H43N3O7. The summed E-state index contributed by atoms with van der Waals surface area (Å²) in [7, 11) is 1.48. The standard InChI is InChI=1S/C31H43N3O7/c1-7-21(2)26(28(36)32-24(29(37)38)20-40-19-23-16-12-9-13-17-23)33-27(35)25(18-22-14-10-8-11-15-22)34(6)30(39)41-31(3,4)5/h8-17,21,24-26H,7,18-20H2,1-6H3,(H,32,36)(H,33,35)(H,37,38)/t21-,24-,25+,26-/m0/s1. The number of benzene rings is 2. The highest BCUT2D eigenvalue weighted by Crippen LogP contribution is 2.16. The third kappa shape index (κ3) is 11.2. The number of hydrogen-bond donors (Lipinski definition) is 3. The summed E-state index contributed by atoms with van der Waals surface area (Å²) in [4.78, 5) is 53.0. The Bertz CT molecular complexity index is 1140. The van der Waals surface area contributed by atoms with Gasteiger partial charge in [-0.1, -0.05) is 80.9 Å². The molecule has 0 radical (unpaired) electrons. The van der Waals surface area contributed by atoms with Crippen LogP contribution >= 0.6 is 0 Å². The number of ether oxygens (including phenoxy) is 2. The van der Waals surface area contributed by atoms with E-state index in [-0.39, 0.29) is 25.6 Å². The van der Waals surface area contributed by atoms with Crippen LogP contribution in [0.1, 0.15) is 52.2 Å². The third-order valence-corrected chi connectivity index (χ3v) is 6.53. The predicted octanol–water partition coefficient (Wildman–Crippen LogP) is 3.78. The lowest BCUT2D eigenvalue weighted by molar-refractivity contribution is -0.144. The molecule has 3 amide bonds. The molecule has 0 heterocycles. The normalized spacial score (nSPS) is 14.2. The number of rotatable bonds is 14. The Kier molecular flexibility index (Phi) is 12.8. The monoisotopic (exact) mass is 569 g/mol. The topological polar surface area (TPSA) is 134 Å². The third-order valence-electron chi connectivity index (χ3n) is 6.53. The van der Waals surface area contributed by atoms with Crippen LogP contribution in [0.15, 0.2) is 60.7 Å². The molecule has 0 aliphatic rings. The van der Waals surface area contributed by atoms with Crippen molar-refractivity contribution in [2.75, 3.05) is 13.7 Å². The van der Waals surface area contributed by atoms with Gasteiger partial charge in [0.25, 0.3) is 0 Å². The van der Waals surface area contributed by atoms with Gasteiger partial charge in [0.1, 0.15) is 17.7 Å². The minimum absolute atomic E-state index is 0.183. The van der Waals surface area contributed by atoms with E-state index in [1.165, 1.54) is 11.9 Å². The Hall–Kier alpha value is -3.92.